The molecule has 2 aromatic rings. The van der Waals surface area contributed by atoms with E-state index in [1.165, 1.54) is 18.4 Å². The lowest BCUT2D eigenvalue weighted by molar-refractivity contribution is 0.376. The van der Waals surface area contributed by atoms with Gasteiger partial charge in [0.2, 0.25) is 0 Å². The van der Waals surface area contributed by atoms with Crippen LogP contribution in [0.1, 0.15) is 56.5 Å². The zero-order chi connectivity index (χ0) is 17.7. The maximum absolute atomic E-state index is 5.37. The number of aromatic nitrogens is 1. The largest absolute Gasteiger partial charge is 0.359 e. The maximum atomic E-state index is 5.37. The molecule has 0 aliphatic heterocycles. The van der Waals surface area contributed by atoms with Gasteiger partial charge in [0.05, 0.1) is 5.69 Å². The number of benzene rings is 1. The van der Waals surface area contributed by atoms with Crippen LogP contribution >= 0.6 is 0 Å². The summed E-state index contributed by atoms with van der Waals surface area (Å²) in [6, 6.07) is 12.7. The van der Waals surface area contributed by atoms with Crippen molar-refractivity contribution in [3.05, 3.63) is 53.4 Å². The predicted octanol–water partition coefficient (Wildman–Crippen LogP) is 3.58. The van der Waals surface area contributed by atoms with Gasteiger partial charge in [0, 0.05) is 24.6 Å². The fourth-order valence-corrected chi connectivity index (χ4v) is 2.94. The smallest absolute Gasteiger partial charge is 0.191 e. The molecular formula is C20H28N4O. The monoisotopic (exact) mass is 340 g/mol. The Morgan fingerprint density at radius 1 is 1.24 bits per heavy atom. The zero-order valence-corrected chi connectivity index (χ0v) is 15.4. The molecule has 25 heavy (non-hydrogen) atoms. The highest BCUT2D eigenvalue weighted by atomic mass is 16.5. The molecule has 0 bridgehead atoms. The second-order valence-corrected chi connectivity index (χ2v) is 7.07. The molecule has 1 saturated carbocycles. The van der Waals surface area contributed by atoms with E-state index in [1.54, 1.807) is 0 Å². The number of hydrogen-bond acceptors (Lipinski definition) is 3. The predicted molar refractivity (Wildman–Crippen MR) is 101 cm³/mol. The molecule has 1 heterocycles. The maximum Gasteiger partial charge on any atom is 0.191 e. The highest BCUT2D eigenvalue weighted by Gasteiger charge is 2.43. The number of nitrogens with one attached hydrogen (secondary N) is 2. The van der Waals surface area contributed by atoms with Crippen LogP contribution < -0.4 is 10.6 Å². The van der Waals surface area contributed by atoms with Crippen molar-refractivity contribution in [2.24, 2.45) is 4.99 Å². The standard InChI is InChI=1S/C20H28N4O/c1-4-21-19(22-13-17-12-18(15(2)3)24-25-17)23-14-20(10-11-20)16-8-6-5-7-9-16/h5-9,12,15H,4,10-11,13-14H2,1-3H3,(H2,21,22,23). The average Bonchev–Trinajstić information content (AvgIpc) is 3.27. The first kappa shape index (κ1) is 17.5. The van der Waals surface area contributed by atoms with Gasteiger partial charge in [-0.25, -0.2) is 4.99 Å². The van der Waals surface area contributed by atoms with E-state index in [9.17, 15) is 0 Å². The SMILES string of the molecule is CCNC(=NCc1cc(C(C)C)no1)NCC1(c2ccccc2)CC1. The van der Waals surface area contributed by atoms with Gasteiger partial charge in [-0.05, 0) is 31.2 Å². The summed E-state index contributed by atoms with van der Waals surface area (Å²) in [6.45, 7) is 8.51. The van der Waals surface area contributed by atoms with Crippen LogP contribution in [0.2, 0.25) is 0 Å². The van der Waals surface area contributed by atoms with Crippen LogP contribution in [0.4, 0.5) is 0 Å². The summed E-state index contributed by atoms with van der Waals surface area (Å²) >= 11 is 0. The molecule has 0 atom stereocenters. The van der Waals surface area contributed by atoms with Gasteiger partial charge in [-0.15, -0.1) is 0 Å². The Hall–Kier alpha value is -2.30. The molecule has 1 fully saturated rings. The van der Waals surface area contributed by atoms with Crippen LogP contribution in [0.3, 0.4) is 0 Å². The number of rotatable bonds is 7. The molecule has 1 aliphatic carbocycles. The van der Waals surface area contributed by atoms with Gasteiger partial charge in [0.1, 0.15) is 6.54 Å². The van der Waals surface area contributed by atoms with E-state index in [4.69, 9.17) is 4.52 Å². The Kier molecular flexibility index (Phi) is 5.41. The van der Waals surface area contributed by atoms with E-state index < -0.39 is 0 Å². The van der Waals surface area contributed by atoms with Crippen molar-refractivity contribution in [1.82, 2.24) is 15.8 Å². The first-order valence-corrected chi connectivity index (χ1v) is 9.16. The van der Waals surface area contributed by atoms with Crippen LogP contribution in [-0.4, -0.2) is 24.2 Å². The van der Waals surface area contributed by atoms with Crippen LogP contribution in [0, 0.1) is 0 Å². The van der Waals surface area contributed by atoms with Gasteiger partial charge in [-0.3, -0.25) is 0 Å². The van der Waals surface area contributed by atoms with Gasteiger partial charge >= 0.3 is 0 Å². The second-order valence-electron chi connectivity index (χ2n) is 7.07. The van der Waals surface area contributed by atoms with Gasteiger partial charge in [0.15, 0.2) is 11.7 Å². The van der Waals surface area contributed by atoms with Crippen molar-refractivity contribution in [3.8, 4) is 0 Å². The lowest BCUT2D eigenvalue weighted by Gasteiger charge is -2.18. The molecule has 1 aliphatic rings. The van der Waals surface area contributed by atoms with E-state index in [-0.39, 0.29) is 5.41 Å². The third-order valence-electron chi connectivity index (χ3n) is 4.74. The summed E-state index contributed by atoms with van der Waals surface area (Å²) < 4.78 is 5.37. The van der Waals surface area contributed by atoms with Crippen molar-refractivity contribution in [3.63, 3.8) is 0 Å². The molecule has 134 valence electrons. The van der Waals surface area contributed by atoms with Crippen molar-refractivity contribution in [2.75, 3.05) is 13.1 Å². The third-order valence-corrected chi connectivity index (χ3v) is 4.74. The second kappa shape index (κ2) is 7.72. The van der Waals surface area contributed by atoms with Crippen LogP contribution in [0.15, 0.2) is 45.9 Å². The quantitative estimate of drug-likeness (QED) is 0.597. The Labute approximate surface area is 149 Å². The fraction of sp³-hybridized carbons (Fsp3) is 0.500. The Morgan fingerprint density at radius 3 is 2.60 bits per heavy atom. The van der Waals surface area contributed by atoms with Crippen LogP contribution in [0.25, 0.3) is 0 Å². The van der Waals surface area contributed by atoms with E-state index >= 15 is 0 Å². The van der Waals surface area contributed by atoms with Gasteiger partial charge in [-0.2, -0.15) is 0 Å². The third kappa shape index (κ3) is 4.41. The molecule has 0 radical (unpaired) electrons. The topological polar surface area (TPSA) is 62.5 Å². The van der Waals surface area contributed by atoms with Crippen LogP contribution in [-0.2, 0) is 12.0 Å². The number of nitrogens with zero attached hydrogens (tertiary/aromatic N) is 2. The Balaban J connectivity index is 1.61. The lowest BCUT2D eigenvalue weighted by atomic mass is 9.96. The molecule has 1 aromatic carbocycles. The summed E-state index contributed by atoms with van der Waals surface area (Å²) in [5.74, 6) is 1.99. The van der Waals surface area contributed by atoms with Crippen molar-refractivity contribution in [2.45, 2.75) is 51.5 Å². The van der Waals surface area contributed by atoms with Crippen molar-refractivity contribution in [1.29, 1.82) is 0 Å². The van der Waals surface area contributed by atoms with E-state index in [1.807, 2.05) is 6.07 Å². The molecule has 5 heteroatoms. The van der Waals surface area contributed by atoms with Crippen LogP contribution in [0.5, 0.6) is 0 Å². The van der Waals surface area contributed by atoms with Gasteiger partial charge < -0.3 is 15.2 Å². The molecule has 0 amide bonds. The van der Waals surface area contributed by atoms with E-state index in [0.717, 1.165) is 30.5 Å². The lowest BCUT2D eigenvalue weighted by Crippen LogP contribution is -2.41. The normalized spacial score (nSPS) is 16.1. The average molecular weight is 340 g/mol. The Bertz CT molecular complexity index is 701. The number of hydrogen-bond donors (Lipinski definition) is 2. The summed E-state index contributed by atoms with van der Waals surface area (Å²) in [6.07, 6.45) is 2.45. The van der Waals surface area contributed by atoms with Crippen molar-refractivity contribution >= 4 is 5.96 Å². The highest BCUT2D eigenvalue weighted by molar-refractivity contribution is 5.79. The number of guanidine groups is 1. The molecular weight excluding hydrogens is 312 g/mol. The van der Waals surface area contributed by atoms with E-state index in [0.29, 0.717) is 12.5 Å². The molecule has 0 unspecified atom stereocenters. The summed E-state index contributed by atoms with van der Waals surface area (Å²) in [4.78, 5) is 4.64. The molecule has 3 rings (SSSR count). The Morgan fingerprint density at radius 2 is 2.00 bits per heavy atom. The summed E-state index contributed by atoms with van der Waals surface area (Å²) in [5, 5.41) is 10.9. The fourth-order valence-electron chi connectivity index (χ4n) is 2.94. The molecule has 0 spiro atoms. The molecule has 5 nitrogen and oxygen atoms in total. The van der Waals surface area contributed by atoms with Gasteiger partial charge in [0.25, 0.3) is 0 Å². The minimum Gasteiger partial charge on any atom is -0.359 e. The summed E-state index contributed by atoms with van der Waals surface area (Å²) in [5.41, 5.74) is 2.65. The van der Waals surface area contributed by atoms with E-state index in [2.05, 4.69) is 71.9 Å². The first-order chi connectivity index (χ1) is 12.1. The summed E-state index contributed by atoms with van der Waals surface area (Å²) in [7, 11) is 0. The first-order valence-electron chi connectivity index (χ1n) is 9.16. The molecule has 0 saturated heterocycles. The zero-order valence-electron chi connectivity index (χ0n) is 15.4. The highest BCUT2D eigenvalue weighted by Crippen LogP contribution is 2.47. The minimum atomic E-state index is 0.258. The van der Waals surface area contributed by atoms with Gasteiger partial charge in [-0.1, -0.05) is 49.3 Å². The minimum absolute atomic E-state index is 0.258. The molecule has 1 aromatic heterocycles. The molecule has 2 N–H and O–H groups in total. The van der Waals surface area contributed by atoms with Crippen molar-refractivity contribution < 1.29 is 4.52 Å². The number of aliphatic imine (C=N–C) groups is 1.